The van der Waals surface area contributed by atoms with Crippen molar-refractivity contribution in [2.45, 2.75) is 58.0 Å². The molecule has 21 heavy (non-hydrogen) atoms. The minimum atomic E-state index is 0.616. The highest BCUT2D eigenvalue weighted by Gasteiger charge is 2.35. The molecule has 1 aliphatic carbocycles. The van der Waals surface area contributed by atoms with Crippen molar-refractivity contribution < 1.29 is 0 Å². The van der Waals surface area contributed by atoms with Gasteiger partial charge >= 0.3 is 0 Å². The van der Waals surface area contributed by atoms with Crippen LogP contribution in [0, 0.1) is 5.41 Å². The Morgan fingerprint density at radius 3 is 2.38 bits per heavy atom. The molecule has 2 aliphatic rings. The third-order valence-electron chi connectivity index (χ3n) is 5.58. The number of nitrogens with two attached hydrogens (primary N) is 1. The minimum absolute atomic E-state index is 0.616. The molecule has 2 fully saturated rings. The Morgan fingerprint density at radius 2 is 1.76 bits per heavy atom. The first-order chi connectivity index (χ1) is 10.2. The van der Waals surface area contributed by atoms with Gasteiger partial charge in [-0.2, -0.15) is 0 Å². The molecule has 0 radical (unpaired) electrons. The standard InChI is InChI=1S/C18H27BrN2/c19-17-12-15(13-20)4-5-16(17)14-21-10-8-18(9-11-21)6-2-1-3-7-18/h4-5,12H,1-3,6-11,13-14,20H2. The van der Waals surface area contributed by atoms with Gasteiger partial charge in [0.2, 0.25) is 0 Å². The number of hydrogen-bond acceptors (Lipinski definition) is 2. The maximum absolute atomic E-state index is 5.70. The Hall–Kier alpha value is -0.380. The third-order valence-corrected chi connectivity index (χ3v) is 6.32. The zero-order valence-corrected chi connectivity index (χ0v) is 14.5. The fourth-order valence-electron chi connectivity index (χ4n) is 4.07. The SMILES string of the molecule is NCc1ccc(CN2CCC3(CCCCC3)CC2)c(Br)c1. The van der Waals surface area contributed by atoms with Gasteiger partial charge in [0.15, 0.2) is 0 Å². The summed E-state index contributed by atoms with van der Waals surface area (Å²) in [6.07, 6.45) is 10.2. The van der Waals surface area contributed by atoms with Crippen LogP contribution in [0.5, 0.6) is 0 Å². The predicted molar refractivity (Wildman–Crippen MR) is 92.1 cm³/mol. The summed E-state index contributed by atoms with van der Waals surface area (Å²) in [6.45, 7) is 4.22. The molecule has 0 atom stereocenters. The fourth-order valence-corrected chi connectivity index (χ4v) is 4.63. The average Bonchev–Trinajstić information content (AvgIpc) is 2.52. The van der Waals surface area contributed by atoms with Crippen LogP contribution in [0.1, 0.15) is 56.1 Å². The molecular formula is C18H27BrN2. The van der Waals surface area contributed by atoms with Crippen molar-refractivity contribution in [2.75, 3.05) is 13.1 Å². The van der Waals surface area contributed by atoms with Crippen LogP contribution >= 0.6 is 15.9 Å². The van der Waals surface area contributed by atoms with Crippen molar-refractivity contribution in [1.29, 1.82) is 0 Å². The van der Waals surface area contributed by atoms with Gasteiger partial charge in [0.05, 0.1) is 0 Å². The summed E-state index contributed by atoms with van der Waals surface area (Å²) < 4.78 is 1.21. The highest BCUT2D eigenvalue weighted by atomic mass is 79.9. The van der Waals surface area contributed by atoms with Crippen LogP contribution in [-0.4, -0.2) is 18.0 Å². The number of piperidine rings is 1. The molecule has 116 valence electrons. The monoisotopic (exact) mass is 350 g/mol. The third kappa shape index (κ3) is 3.69. The minimum Gasteiger partial charge on any atom is -0.326 e. The van der Waals surface area contributed by atoms with Gasteiger partial charge in [0, 0.05) is 17.6 Å². The summed E-state index contributed by atoms with van der Waals surface area (Å²) in [4.78, 5) is 2.63. The van der Waals surface area contributed by atoms with Gasteiger partial charge in [-0.1, -0.05) is 47.3 Å². The Bertz CT molecular complexity index is 470. The number of halogens is 1. The molecule has 0 aromatic heterocycles. The molecule has 2 N–H and O–H groups in total. The quantitative estimate of drug-likeness (QED) is 0.872. The van der Waals surface area contributed by atoms with Crippen molar-refractivity contribution in [1.82, 2.24) is 4.90 Å². The average molecular weight is 351 g/mol. The van der Waals surface area contributed by atoms with Crippen LogP contribution in [0.3, 0.4) is 0 Å². The Balaban J connectivity index is 1.57. The molecule has 1 aromatic rings. The highest BCUT2D eigenvalue weighted by molar-refractivity contribution is 9.10. The lowest BCUT2D eigenvalue weighted by Gasteiger charge is -2.44. The maximum atomic E-state index is 5.70. The fraction of sp³-hybridized carbons (Fsp3) is 0.667. The molecule has 1 saturated carbocycles. The van der Waals surface area contributed by atoms with Crippen molar-refractivity contribution in [3.05, 3.63) is 33.8 Å². The zero-order chi connectivity index (χ0) is 14.7. The van der Waals surface area contributed by atoms with Crippen molar-refractivity contribution in [3.63, 3.8) is 0 Å². The Kier molecular flexibility index (Phi) is 5.03. The van der Waals surface area contributed by atoms with E-state index in [1.165, 1.54) is 73.6 Å². The number of nitrogens with zero attached hydrogens (tertiary/aromatic N) is 1. The molecule has 1 spiro atoms. The summed E-state index contributed by atoms with van der Waals surface area (Å²) in [5.41, 5.74) is 9.00. The molecule has 2 nitrogen and oxygen atoms in total. The molecule has 1 saturated heterocycles. The first kappa shape index (κ1) is 15.5. The first-order valence-corrected chi connectivity index (χ1v) is 9.20. The van der Waals surface area contributed by atoms with Crippen LogP contribution in [0.2, 0.25) is 0 Å². The summed E-state index contributed by atoms with van der Waals surface area (Å²) in [7, 11) is 0. The van der Waals surface area contributed by atoms with E-state index >= 15 is 0 Å². The van der Waals surface area contributed by atoms with E-state index in [1.54, 1.807) is 0 Å². The van der Waals surface area contributed by atoms with E-state index in [1.807, 2.05) is 0 Å². The molecule has 3 rings (SSSR count). The van der Waals surface area contributed by atoms with Crippen LogP contribution in [0.4, 0.5) is 0 Å². The van der Waals surface area contributed by atoms with Crippen LogP contribution < -0.4 is 5.73 Å². The second-order valence-corrected chi connectivity index (χ2v) is 7.82. The van der Waals surface area contributed by atoms with Gasteiger partial charge < -0.3 is 5.73 Å². The van der Waals surface area contributed by atoms with Gasteiger partial charge in [-0.3, -0.25) is 4.90 Å². The van der Waals surface area contributed by atoms with E-state index in [9.17, 15) is 0 Å². The summed E-state index contributed by atoms with van der Waals surface area (Å²) in [5, 5.41) is 0. The summed E-state index contributed by atoms with van der Waals surface area (Å²) >= 11 is 3.70. The normalized spacial score (nSPS) is 22.6. The lowest BCUT2D eigenvalue weighted by atomic mass is 9.68. The van der Waals surface area contributed by atoms with Crippen LogP contribution in [-0.2, 0) is 13.1 Å². The van der Waals surface area contributed by atoms with E-state index in [0.29, 0.717) is 12.0 Å². The van der Waals surface area contributed by atoms with Gasteiger partial charge in [-0.25, -0.2) is 0 Å². The van der Waals surface area contributed by atoms with Crippen molar-refractivity contribution >= 4 is 15.9 Å². The highest BCUT2D eigenvalue weighted by Crippen LogP contribution is 2.44. The topological polar surface area (TPSA) is 29.3 Å². The summed E-state index contributed by atoms with van der Waals surface area (Å²) in [6, 6.07) is 6.56. The van der Waals surface area contributed by atoms with E-state index in [4.69, 9.17) is 5.73 Å². The number of rotatable bonds is 3. The molecule has 0 unspecified atom stereocenters. The van der Waals surface area contributed by atoms with Gasteiger partial charge in [-0.15, -0.1) is 0 Å². The smallest absolute Gasteiger partial charge is 0.0244 e. The second kappa shape index (κ2) is 6.80. The maximum Gasteiger partial charge on any atom is 0.0244 e. The Labute approximate surface area is 137 Å². The van der Waals surface area contributed by atoms with Gasteiger partial charge in [0.25, 0.3) is 0 Å². The van der Waals surface area contributed by atoms with E-state index in [2.05, 4.69) is 39.0 Å². The molecule has 1 aromatic carbocycles. The first-order valence-electron chi connectivity index (χ1n) is 8.41. The number of likely N-dealkylation sites (tertiary alicyclic amines) is 1. The number of benzene rings is 1. The van der Waals surface area contributed by atoms with E-state index in [-0.39, 0.29) is 0 Å². The van der Waals surface area contributed by atoms with Crippen LogP contribution in [0.25, 0.3) is 0 Å². The molecule has 1 heterocycles. The van der Waals surface area contributed by atoms with Gasteiger partial charge in [-0.05, 0) is 61.4 Å². The summed E-state index contributed by atoms with van der Waals surface area (Å²) in [5.74, 6) is 0. The molecule has 0 amide bonds. The Morgan fingerprint density at radius 1 is 1.05 bits per heavy atom. The molecule has 3 heteroatoms. The van der Waals surface area contributed by atoms with Crippen molar-refractivity contribution in [2.24, 2.45) is 11.1 Å². The molecule has 1 aliphatic heterocycles. The van der Waals surface area contributed by atoms with Gasteiger partial charge in [0.1, 0.15) is 0 Å². The predicted octanol–water partition coefficient (Wildman–Crippen LogP) is 4.45. The lowest BCUT2D eigenvalue weighted by molar-refractivity contribution is 0.0640. The lowest BCUT2D eigenvalue weighted by Crippen LogP contribution is -2.40. The number of hydrogen-bond donors (Lipinski definition) is 1. The van der Waals surface area contributed by atoms with Crippen LogP contribution in [0.15, 0.2) is 22.7 Å². The zero-order valence-electron chi connectivity index (χ0n) is 12.9. The molecular weight excluding hydrogens is 324 g/mol. The van der Waals surface area contributed by atoms with E-state index < -0.39 is 0 Å². The van der Waals surface area contributed by atoms with E-state index in [0.717, 1.165) is 6.54 Å². The van der Waals surface area contributed by atoms with Crippen molar-refractivity contribution in [3.8, 4) is 0 Å². The second-order valence-electron chi connectivity index (χ2n) is 6.97. The molecule has 0 bridgehead atoms. The largest absolute Gasteiger partial charge is 0.326 e.